The Bertz CT molecular complexity index is 1540. The van der Waals surface area contributed by atoms with Gasteiger partial charge in [0, 0.05) is 17.1 Å². The Morgan fingerprint density at radius 2 is 1.77 bits per heavy atom. The molecule has 2 amide bonds. The molecule has 1 aliphatic heterocycles. The Hall–Kier alpha value is -4.22. The number of rotatable bonds is 6. The van der Waals surface area contributed by atoms with Gasteiger partial charge in [-0.25, -0.2) is 18.4 Å². The van der Waals surface area contributed by atoms with E-state index >= 15 is 0 Å². The first-order valence-corrected chi connectivity index (χ1v) is 12.7. The fraction of sp³-hybridized carbons (Fsp3) is 0.0417. The van der Waals surface area contributed by atoms with Crippen LogP contribution < -0.4 is 15.2 Å². The van der Waals surface area contributed by atoms with E-state index in [4.69, 9.17) is 4.42 Å². The Labute approximate surface area is 204 Å². The number of carbonyl (C=O) groups is 2. The van der Waals surface area contributed by atoms with Crippen LogP contribution in [0.4, 0.5) is 10.8 Å². The van der Waals surface area contributed by atoms with E-state index in [2.05, 4.69) is 15.1 Å². The van der Waals surface area contributed by atoms with Crippen LogP contribution >= 0.6 is 11.3 Å². The summed E-state index contributed by atoms with van der Waals surface area (Å²) in [5.41, 5.74) is 4.72. The van der Waals surface area contributed by atoms with Gasteiger partial charge in [0.15, 0.2) is 5.13 Å². The fourth-order valence-electron chi connectivity index (χ4n) is 3.41. The molecule has 0 aliphatic carbocycles. The molecule has 0 radical (unpaired) electrons. The predicted molar refractivity (Wildman–Crippen MR) is 132 cm³/mol. The van der Waals surface area contributed by atoms with E-state index in [0.29, 0.717) is 22.8 Å². The predicted octanol–water partition coefficient (Wildman–Crippen LogP) is 3.97. The summed E-state index contributed by atoms with van der Waals surface area (Å²) in [5, 5.41) is 3.15. The Morgan fingerprint density at radius 3 is 2.46 bits per heavy atom. The van der Waals surface area contributed by atoms with Crippen LogP contribution in [0.2, 0.25) is 0 Å². The molecule has 9 nitrogen and oxygen atoms in total. The van der Waals surface area contributed by atoms with Crippen LogP contribution in [-0.4, -0.2) is 25.2 Å². The van der Waals surface area contributed by atoms with E-state index < -0.39 is 21.8 Å². The first-order valence-electron chi connectivity index (χ1n) is 10.4. The van der Waals surface area contributed by atoms with Crippen LogP contribution in [0, 0.1) is 6.92 Å². The van der Waals surface area contributed by atoms with Crippen LogP contribution in [-0.2, 0) is 19.6 Å². The summed E-state index contributed by atoms with van der Waals surface area (Å²) in [6.45, 7) is 1.93. The molecule has 0 saturated carbocycles. The van der Waals surface area contributed by atoms with Gasteiger partial charge in [-0.05, 0) is 61.5 Å². The van der Waals surface area contributed by atoms with Crippen molar-refractivity contribution in [3.63, 3.8) is 0 Å². The van der Waals surface area contributed by atoms with Crippen LogP contribution in [0.3, 0.4) is 0 Å². The van der Waals surface area contributed by atoms with Crippen molar-refractivity contribution >= 4 is 50.1 Å². The first kappa shape index (κ1) is 22.6. The zero-order valence-corrected chi connectivity index (χ0v) is 19.9. The quantitative estimate of drug-likeness (QED) is 0.301. The van der Waals surface area contributed by atoms with Gasteiger partial charge < -0.3 is 4.42 Å². The van der Waals surface area contributed by atoms with Crippen molar-refractivity contribution in [1.29, 1.82) is 0 Å². The molecule has 0 unspecified atom stereocenters. The second-order valence-corrected chi connectivity index (χ2v) is 10.2. The van der Waals surface area contributed by atoms with Crippen LogP contribution in [0.1, 0.15) is 11.3 Å². The van der Waals surface area contributed by atoms with Crippen molar-refractivity contribution in [1.82, 2.24) is 10.4 Å². The SMILES string of the molecule is Cc1ccc(N2NC(=O)/C(=C\c3ccc(-c4ccc(S(=O)(=O)Nc5nccs5)cc4)o3)C2=O)cc1. The van der Waals surface area contributed by atoms with E-state index in [1.54, 1.807) is 41.8 Å². The Balaban J connectivity index is 1.34. The highest BCUT2D eigenvalue weighted by atomic mass is 32.2. The second-order valence-electron chi connectivity index (χ2n) is 7.64. The lowest BCUT2D eigenvalue weighted by Gasteiger charge is -2.14. The van der Waals surface area contributed by atoms with Crippen molar-refractivity contribution in [2.24, 2.45) is 0 Å². The number of sulfonamides is 1. The molecule has 0 spiro atoms. The summed E-state index contributed by atoms with van der Waals surface area (Å²) in [5.74, 6) is -0.253. The van der Waals surface area contributed by atoms with E-state index in [9.17, 15) is 18.0 Å². The molecule has 0 atom stereocenters. The number of carbonyl (C=O) groups excluding carboxylic acids is 2. The summed E-state index contributed by atoms with van der Waals surface area (Å²) in [4.78, 5) is 29.2. The van der Waals surface area contributed by atoms with Gasteiger partial charge in [0.2, 0.25) is 0 Å². The highest BCUT2D eigenvalue weighted by Gasteiger charge is 2.34. The first-order chi connectivity index (χ1) is 16.8. The van der Waals surface area contributed by atoms with Crippen LogP contribution in [0.25, 0.3) is 17.4 Å². The topological polar surface area (TPSA) is 122 Å². The maximum Gasteiger partial charge on any atom is 0.282 e. The fourth-order valence-corrected chi connectivity index (χ4v) is 5.20. The number of amides is 2. The Kier molecular flexibility index (Phi) is 5.71. The lowest BCUT2D eigenvalue weighted by atomic mass is 10.2. The molecule has 2 aromatic heterocycles. The number of aryl methyl sites for hydroxylation is 1. The number of hydrazine groups is 1. The number of anilines is 2. The minimum atomic E-state index is -3.76. The molecule has 35 heavy (non-hydrogen) atoms. The summed E-state index contributed by atoms with van der Waals surface area (Å²) in [6, 6.07) is 16.6. The van der Waals surface area contributed by atoms with Gasteiger partial charge in [-0.3, -0.25) is 19.7 Å². The highest BCUT2D eigenvalue weighted by molar-refractivity contribution is 7.93. The molecule has 11 heteroatoms. The molecule has 2 N–H and O–H groups in total. The number of aromatic nitrogens is 1. The smallest absolute Gasteiger partial charge is 0.282 e. The van der Waals surface area contributed by atoms with E-state index in [1.165, 1.54) is 40.8 Å². The maximum absolute atomic E-state index is 12.8. The van der Waals surface area contributed by atoms with Gasteiger partial charge in [-0.15, -0.1) is 11.3 Å². The van der Waals surface area contributed by atoms with Gasteiger partial charge in [0.1, 0.15) is 17.1 Å². The molecule has 3 heterocycles. The van der Waals surface area contributed by atoms with Gasteiger partial charge in [-0.1, -0.05) is 17.7 Å². The molecule has 2 aromatic carbocycles. The van der Waals surface area contributed by atoms with Crippen molar-refractivity contribution in [3.05, 3.63) is 89.1 Å². The molecule has 1 saturated heterocycles. The molecule has 4 aromatic rings. The van der Waals surface area contributed by atoms with Crippen molar-refractivity contribution in [2.45, 2.75) is 11.8 Å². The van der Waals surface area contributed by atoms with Gasteiger partial charge in [-0.2, -0.15) is 0 Å². The summed E-state index contributed by atoms with van der Waals surface area (Å²) in [7, 11) is -3.76. The van der Waals surface area contributed by atoms with Crippen molar-refractivity contribution < 1.29 is 22.4 Å². The van der Waals surface area contributed by atoms with E-state index in [1.807, 2.05) is 19.1 Å². The molecule has 176 valence electrons. The average Bonchev–Trinajstić information content (AvgIpc) is 3.58. The Morgan fingerprint density at radius 1 is 1.03 bits per heavy atom. The summed E-state index contributed by atoms with van der Waals surface area (Å²) < 4.78 is 33.2. The number of hydrogen-bond donors (Lipinski definition) is 2. The average molecular weight is 507 g/mol. The van der Waals surface area contributed by atoms with Crippen LogP contribution in [0.5, 0.6) is 0 Å². The lowest BCUT2D eigenvalue weighted by molar-refractivity contribution is -0.117. The van der Waals surface area contributed by atoms with E-state index in [0.717, 1.165) is 5.56 Å². The van der Waals surface area contributed by atoms with Crippen molar-refractivity contribution in [3.8, 4) is 11.3 Å². The number of thiazole rings is 1. The zero-order valence-electron chi connectivity index (χ0n) is 18.3. The summed E-state index contributed by atoms with van der Waals surface area (Å²) >= 11 is 1.18. The van der Waals surface area contributed by atoms with E-state index in [-0.39, 0.29) is 15.6 Å². The third-order valence-electron chi connectivity index (χ3n) is 5.20. The second kappa shape index (κ2) is 8.85. The van der Waals surface area contributed by atoms with Gasteiger partial charge in [0.05, 0.1) is 10.6 Å². The minimum Gasteiger partial charge on any atom is -0.457 e. The number of hydrogen-bond acceptors (Lipinski definition) is 7. The normalized spacial score (nSPS) is 15.0. The molecule has 0 bridgehead atoms. The number of nitrogens with one attached hydrogen (secondary N) is 2. The standard InChI is InChI=1S/C24H18N4O5S2/c1-15-2-6-17(7-3-15)28-23(30)20(22(29)26-28)14-18-8-11-21(33-18)16-4-9-19(10-5-16)35(31,32)27-24-25-12-13-34-24/h2-14H,1H3,(H,25,27)(H,26,29)/b20-14+. The third-order valence-corrected chi connectivity index (χ3v) is 7.37. The monoisotopic (exact) mass is 506 g/mol. The zero-order chi connectivity index (χ0) is 24.6. The molecule has 1 aliphatic rings. The van der Waals surface area contributed by atoms with Crippen LogP contribution in [0.15, 0.2) is 87.1 Å². The van der Waals surface area contributed by atoms with Gasteiger partial charge >= 0.3 is 0 Å². The third kappa shape index (κ3) is 4.59. The number of nitrogens with zero attached hydrogens (tertiary/aromatic N) is 2. The minimum absolute atomic E-state index is 0.0545. The maximum atomic E-state index is 12.8. The van der Waals surface area contributed by atoms with Gasteiger partial charge in [0.25, 0.3) is 21.8 Å². The molecular formula is C24H18N4O5S2. The molecule has 1 fully saturated rings. The summed E-state index contributed by atoms with van der Waals surface area (Å²) in [6.07, 6.45) is 2.89. The molecular weight excluding hydrogens is 488 g/mol. The number of benzene rings is 2. The largest absolute Gasteiger partial charge is 0.457 e. The highest BCUT2D eigenvalue weighted by Crippen LogP contribution is 2.27. The molecule has 5 rings (SSSR count). The van der Waals surface area contributed by atoms with Crippen molar-refractivity contribution in [2.75, 3.05) is 9.73 Å². The number of furan rings is 1. The lowest BCUT2D eigenvalue weighted by Crippen LogP contribution is -2.35.